The number of nitrogens with two attached hydrogens (primary N) is 1. The summed E-state index contributed by atoms with van der Waals surface area (Å²) in [6.07, 6.45) is 1.95. The Morgan fingerprint density at radius 1 is 1.28 bits per heavy atom. The third-order valence-electron chi connectivity index (χ3n) is 4.14. The van der Waals surface area contributed by atoms with Crippen LogP contribution in [0.15, 0.2) is 24.3 Å². The van der Waals surface area contributed by atoms with Crippen molar-refractivity contribution >= 4 is 17.3 Å². The fourth-order valence-electron chi connectivity index (χ4n) is 3.02. The smallest absolute Gasteiger partial charge is 0.265 e. The van der Waals surface area contributed by atoms with Gasteiger partial charge in [-0.1, -0.05) is 12.1 Å². The van der Waals surface area contributed by atoms with E-state index in [4.69, 9.17) is 5.73 Å². The van der Waals surface area contributed by atoms with E-state index in [9.17, 15) is 4.79 Å². The molecule has 3 rings (SSSR count). The number of rotatable bonds is 2. The van der Waals surface area contributed by atoms with Gasteiger partial charge in [-0.2, -0.15) is 0 Å². The van der Waals surface area contributed by atoms with Crippen molar-refractivity contribution in [2.24, 2.45) is 5.73 Å². The van der Waals surface area contributed by atoms with Crippen molar-refractivity contribution in [1.29, 1.82) is 0 Å². The summed E-state index contributed by atoms with van der Waals surface area (Å²) in [5.74, 6) is -0.379. The number of carbonyl (C=O) groups excluding carboxylic acids is 1. The minimum Gasteiger partial charge on any atom is -0.366 e. The first-order valence-corrected chi connectivity index (χ1v) is 6.28. The predicted molar refractivity (Wildman–Crippen MR) is 71.3 cm³/mol. The minimum atomic E-state index is -0.951. The van der Waals surface area contributed by atoms with Crippen molar-refractivity contribution in [2.45, 2.75) is 31.0 Å². The normalized spacial score (nSPS) is 28.3. The maximum absolute atomic E-state index is 12.0. The first-order chi connectivity index (χ1) is 8.57. The summed E-state index contributed by atoms with van der Waals surface area (Å²) in [4.78, 5) is 12.0. The van der Waals surface area contributed by atoms with Crippen LogP contribution in [0.2, 0.25) is 0 Å². The van der Waals surface area contributed by atoms with Gasteiger partial charge in [0.25, 0.3) is 5.91 Å². The van der Waals surface area contributed by atoms with Crippen molar-refractivity contribution in [3.8, 4) is 0 Å². The van der Waals surface area contributed by atoms with E-state index in [2.05, 4.69) is 16.0 Å². The van der Waals surface area contributed by atoms with E-state index >= 15 is 0 Å². The largest absolute Gasteiger partial charge is 0.366 e. The molecule has 0 aliphatic carbocycles. The minimum absolute atomic E-state index is 0.377. The van der Waals surface area contributed by atoms with Crippen LogP contribution in [0.5, 0.6) is 0 Å². The van der Waals surface area contributed by atoms with Gasteiger partial charge >= 0.3 is 0 Å². The van der Waals surface area contributed by atoms with Crippen LogP contribution in [0.4, 0.5) is 11.4 Å². The standard InChI is InChI=1S/C13H18N4O/c1-12(7-4-8-15-12)13(11(14)18)16-9-5-2-3-6-10(9)17-13/h2-3,5-6,15-17H,4,7-8H2,1H3,(H2,14,18)/t12-/m1/s1. The van der Waals surface area contributed by atoms with Crippen LogP contribution < -0.4 is 21.7 Å². The Bertz CT molecular complexity index is 469. The van der Waals surface area contributed by atoms with Gasteiger partial charge in [-0.15, -0.1) is 0 Å². The lowest BCUT2D eigenvalue weighted by molar-refractivity contribution is -0.123. The highest BCUT2D eigenvalue weighted by molar-refractivity contribution is 5.98. The number of primary amides is 1. The zero-order valence-corrected chi connectivity index (χ0v) is 10.4. The van der Waals surface area contributed by atoms with Gasteiger partial charge < -0.3 is 21.7 Å². The molecule has 0 aromatic heterocycles. The van der Waals surface area contributed by atoms with Gasteiger partial charge in [-0.25, -0.2) is 0 Å². The summed E-state index contributed by atoms with van der Waals surface area (Å²) >= 11 is 0. The Morgan fingerprint density at radius 2 is 1.89 bits per heavy atom. The molecule has 0 saturated carbocycles. The fraction of sp³-hybridized carbons (Fsp3) is 0.462. The number of benzene rings is 1. The molecule has 18 heavy (non-hydrogen) atoms. The van der Waals surface area contributed by atoms with E-state index in [1.54, 1.807) is 0 Å². The first-order valence-electron chi connectivity index (χ1n) is 6.28. The SMILES string of the molecule is C[C@]1(C2(C(N)=O)Nc3ccccc3N2)CCCN1. The molecule has 1 atom stereocenters. The van der Waals surface area contributed by atoms with E-state index in [-0.39, 0.29) is 11.4 Å². The van der Waals surface area contributed by atoms with Crippen LogP contribution in [0, 0.1) is 0 Å². The Labute approximate surface area is 106 Å². The summed E-state index contributed by atoms with van der Waals surface area (Å²) in [7, 11) is 0. The number of carbonyl (C=O) groups is 1. The summed E-state index contributed by atoms with van der Waals surface area (Å²) < 4.78 is 0. The molecule has 5 N–H and O–H groups in total. The van der Waals surface area contributed by atoms with Gasteiger partial charge in [0.05, 0.1) is 16.9 Å². The van der Waals surface area contributed by atoms with E-state index in [1.807, 2.05) is 31.2 Å². The van der Waals surface area contributed by atoms with Gasteiger partial charge in [-0.05, 0) is 38.4 Å². The topological polar surface area (TPSA) is 79.2 Å². The lowest BCUT2D eigenvalue weighted by Crippen LogP contribution is -2.71. The summed E-state index contributed by atoms with van der Waals surface area (Å²) in [6.45, 7) is 2.95. The molecule has 2 heterocycles. The molecule has 2 aliphatic heterocycles. The van der Waals surface area contributed by atoms with Gasteiger partial charge in [0.1, 0.15) is 0 Å². The van der Waals surface area contributed by atoms with Gasteiger partial charge in [-0.3, -0.25) is 4.79 Å². The highest BCUT2D eigenvalue weighted by Crippen LogP contribution is 2.42. The van der Waals surface area contributed by atoms with Gasteiger partial charge in [0.15, 0.2) is 0 Å². The zero-order valence-electron chi connectivity index (χ0n) is 10.4. The molecule has 2 aliphatic rings. The Hall–Kier alpha value is -1.75. The second-order valence-corrected chi connectivity index (χ2v) is 5.27. The van der Waals surface area contributed by atoms with Crippen molar-refractivity contribution in [3.63, 3.8) is 0 Å². The number of fused-ring (bicyclic) bond motifs is 1. The maximum atomic E-state index is 12.0. The summed E-state index contributed by atoms with van der Waals surface area (Å²) in [5, 5.41) is 9.97. The number of anilines is 2. The second kappa shape index (κ2) is 3.62. The van der Waals surface area contributed by atoms with Crippen LogP contribution in [0.1, 0.15) is 19.8 Å². The number of nitrogens with one attached hydrogen (secondary N) is 3. The maximum Gasteiger partial charge on any atom is 0.265 e. The molecule has 5 heteroatoms. The molecule has 1 aromatic carbocycles. The van der Waals surface area contributed by atoms with Crippen LogP contribution in [0.3, 0.4) is 0 Å². The van der Waals surface area contributed by atoms with Crippen LogP contribution >= 0.6 is 0 Å². The van der Waals surface area contributed by atoms with Crippen molar-refractivity contribution < 1.29 is 4.79 Å². The number of amides is 1. The third kappa shape index (κ3) is 1.34. The Morgan fingerprint density at radius 3 is 2.33 bits per heavy atom. The second-order valence-electron chi connectivity index (χ2n) is 5.27. The highest BCUT2D eigenvalue weighted by atomic mass is 16.2. The molecule has 0 spiro atoms. The fourth-order valence-corrected chi connectivity index (χ4v) is 3.02. The monoisotopic (exact) mass is 246 g/mol. The lowest BCUT2D eigenvalue weighted by Gasteiger charge is -2.42. The first kappa shape index (κ1) is 11.3. The molecule has 1 fully saturated rings. The predicted octanol–water partition coefficient (Wildman–Crippen LogP) is 0.848. The average Bonchev–Trinajstić information content (AvgIpc) is 2.93. The lowest BCUT2D eigenvalue weighted by atomic mass is 9.83. The molecule has 1 aromatic rings. The van der Waals surface area contributed by atoms with Crippen LogP contribution in [-0.4, -0.2) is 23.7 Å². The zero-order chi connectivity index (χ0) is 12.8. The van der Waals surface area contributed by atoms with Crippen molar-refractivity contribution in [1.82, 2.24) is 5.32 Å². The molecule has 0 bridgehead atoms. The quantitative estimate of drug-likeness (QED) is 0.624. The number of hydrogen-bond donors (Lipinski definition) is 4. The molecular formula is C13H18N4O. The van der Waals surface area contributed by atoms with Gasteiger partial charge in [0, 0.05) is 0 Å². The third-order valence-corrected chi connectivity index (χ3v) is 4.14. The van der Waals surface area contributed by atoms with E-state index in [1.165, 1.54) is 0 Å². The molecule has 1 amide bonds. The molecule has 0 unspecified atom stereocenters. The molecule has 96 valence electrons. The Balaban J connectivity index is 2.04. The number of para-hydroxylation sites is 2. The molecule has 5 nitrogen and oxygen atoms in total. The Kier molecular flexibility index (Phi) is 2.28. The number of hydrogen-bond acceptors (Lipinski definition) is 4. The molecule has 0 radical (unpaired) electrons. The van der Waals surface area contributed by atoms with E-state index in [0.717, 1.165) is 30.8 Å². The van der Waals surface area contributed by atoms with Crippen molar-refractivity contribution in [3.05, 3.63) is 24.3 Å². The van der Waals surface area contributed by atoms with Crippen LogP contribution in [-0.2, 0) is 4.79 Å². The summed E-state index contributed by atoms with van der Waals surface area (Å²) in [5.41, 5.74) is 6.19. The van der Waals surface area contributed by atoms with Crippen LogP contribution in [0.25, 0.3) is 0 Å². The average molecular weight is 246 g/mol. The van der Waals surface area contributed by atoms with Gasteiger partial charge in [0.2, 0.25) is 5.66 Å². The van der Waals surface area contributed by atoms with E-state index in [0.29, 0.717) is 0 Å². The summed E-state index contributed by atoms with van der Waals surface area (Å²) in [6, 6.07) is 7.78. The highest BCUT2D eigenvalue weighted by Gasteiger charge is 2.57. The van der Waals surface area contributed by atoms with E-state index < -0.39 is 5.66 Å². The van der Waals surface area contributed by atoms with Crippen molar-refractivity contribution in [2.75, 3.05) is 17.2 Å². The molecule has 1 saturated heterocycles. The molecular weight excluding hydrogens is 228 g/mol.